The molecule has 168 valence electrons. The van der Waals surface area contributed by atoms with Crippen LogP contribution < -0.4 is 5.32 Å². The Labute approximate surface area is 191 Å². The van der Waals surface area contributed by atoms with E-state index in [2.05, 4.69) is 24.2 Å². The molecule has 2 aromatic carbocycles. The van der Waals surface area contributed by atoms with Crippen LogP contribution in [0.2, 0.25) is 0 Å². The average Bonchev–Trinajstić information content (AvgIpc) is 3.00. The van der Waals surface area contributed by atoms with E-state index < -0.39 is 0 Å². The predicted molar refractivity (Wildman–Crippen MR) is 133 cm³/mol. The third-order valence-electron chi connectivity index (χ3n) is 5.56. The fraction of sp³-hybridized carbons (Fsp3) is 0.370. The number of hydrogen-bond donors (Lipinski definition) is 1. The normalized spacial score (nSPS) is 12.5. The molecule has 0 spiro atoms. The van der Waals surface area contributed by atoms with Crippen LogP contribution in [0.25, 0.3) is 6.08 Å². The minimum absolute atomic E-state index is 0.0902. The summed E-state index contributed by atoms with van der Waals surface area (Å²) < 4.78 is 0. The predicted octanol–water partition coefficient (Wildman–Crippen LogP) is 6.17. The molecule has 32 heavy (non-hydrogen) atoms. The molecule has 0 saturated carbocycles. The average molecular weight is 432 g/mol. The second kappa shape index (κ2) is 11.4. The molecule has 1 heterocycles. The Morgan fingerprint density at radius 1 is 1.03 bits per heavy atom. The van der Waals surface area contributed by atoms with Crippen molar-refractivity contribution in [2.75, 3.05) is 18.4 Å². The van der Waals surface area contributed by atoms with Gasteiger partial charge in [0.1, 0.15) is 0 Å². The van der Waals surface area contributed by atoms with Crippen LogP contribution in [0.15, 0.2) is 53.0 Å². The highest BCUT2D eigenvalue weighted by molar-refractivity contribution is 6.06. The van der Waals surface area contributed by atoms with Gasteiger partial charge in [0, 0.05) is 48.1 Å². The molecule has 0 atom stereocenters. The van der Waals surface area contributed by atoms with Gasteiger partial charge in [-0.2, -0.15) is 0 Å². The molecule has 0 bridgehead atoms. The van der Waals surface area contributed by atoms with Crippen molar-refractivity contribution in [3.63, 3.8) is 0 Å². The number of unbranched alkanes of at least 4 members (excludes halogenated alkanes) is 2. The number of rotatable bonds is 9. The number of anilines is 1. The quantitative estimate of drug-likeness (QED) is 0.516. The Bertz CT molecular complexity index is 1020. The molecular formula is C27H33N3O2. The van der Waals surface area contributed by atoms with Crippen LogP contribution in [0, 0.1) is 6.92 Å². The van der Waals surface area contributed by atoms with Gasteiger partial charge in [-0.05, 0) is 55.7 Å². The zero-order valence-corrected chi connectivity index (χ0v) is 19.4. The molecule has 1 N–H and O–H groups in total. The molecule has 2 amide bonds. The molecule has 0 aliphatic carbocycles. The monoisotopic (exact) mass is 431 g/mol. The largest absolute Gasteiger partial charge is 0.339 e. The van der Waals surface area contributed by atoms with Gasteiger partial charge in [-0.15, -0.1) is 0 Å². The van der Waals surface area contributed by atoms with E-state index in [1.54, 1.807) is 18.3 Å². The van der Waals surface area contributed by atoms with Crippen molar-refractivity contribution in [2.45, 2.75) is 52.9 Å². The summed E-state index contributed by atoms with van der Waals surface area (Å²) >= 11 is 0. The number of aliphatic imine (C=N–C) groups is 1. The molecule has 3 rings (SSSR count). The Kier molecular flexibility index (Phi) is 8.37. The van der Waals surface area contributed by atoms with E-state index in [0.29, 0.717) is 17.7 Å². The standard InChI is InChI=1S/C27H33N3O2/c1-4-6-15-30(16-7-5-2)27(32)23-13-14-28-25-19-22(12-11-21(25)18-23)26(31)29-24-10-8-9-20(3)17-24/h8-12,14,17-19H,4-7,13,15-16H2,1-3H3,(H,29,31). The van der Waals surface area contributed by atoms with E-state index in [1.165, 1.54) is 0 Å². The Morgan fingerprint density at radius 2 is 1.78 bits per heavy atom. The van der Waals surface area contributed by atoms with Crippen LogP contribution in [0.3, 0.4) is 0 Å². The highest BCUT2D eigenvalue weighted by Crippen LogP contribution is 2.28. The second-order valence-corrected chi connectivity index (χ2v) is 8.28. The molecule has 0 unspecified atom stereocenters. The summed E-state index contributed by atoms with van der Waals surface area (Å²) in [6, 6.07) is 13.2. The van der Waals surface area contributed by atoms with Gasteiger partial charge in [0.2, 0.25) is 5.91 Å². The maximum Gasteiger partial charge on any atom is 0.255 e. The number of carbonyl (C=O) groups is 2. The number of fused-ring (bicyclic) bond motifs is 1. The molecule has 0 radical (unpaired) electrons. The highest BCUT2D eigenvalue weighted by Gasteiger charge is 2.19. The summed E-state index contributed by atoms with van der Waals surface area (Å²) in [5.74, 6) is -0.0871. The Morgan fingerprint density at radius 3 is 2.47 bits per heavy atom. The van der Waals surface area contributed by atoms with E-state index in [-0.39, 0.29) is 11.8 Å². The molecule has 1 aliphatic heterocycles. The van der Waals surface area contributed by atoms with Gasteiger partial charge >= 0.3 is 0 Å². The van der Waals surface area contributed by atoms with Crippen LogP contribution >= 0.6 is 0 Å². The van der Waals surface area contributed by atoms with Gasteiger partial charge in [-0.25, -0.2) is 0 Å². The van der Waals surface area contributed by atoms with Crippen LogP contribution in [0.5, 0.6) is 0 Å². The van der Waals surface area contributed by atoms with Gasteiger partial charge in [0.05, 0.1) is 5.69 Å². The lowest BCUT2D eigenvalue weighted by molar-refractivity contribution is -0.127. The van der Waals surface area contributed by atoms with E-state index in [0.717, 1.165) is 61.2 Å². The lowest BCUT2D eigenvalue weighted by Gasteiger charge is -2.23. The number of hydrogen-bond acceptors (Lipinski definition) is 3. The summed E-state index contributed by atoms with van der Waals surface area (Å²) in [6.07, 6.45) is 8.33. The first-order valence-corrected chi connectivity index (χ1v) is 11.6. The van der Waals surface area contributed by atoms with E-state index >= 15 is 0 Å². The maximum atomic E-state index is 13.2. The number of nitrogens with one attached hydrogen (secondary N) is 1. The minimum atomic E-state index is -0.177. The zero-order valence-electron chi connectivity index (χ0n) is 19.4. The molecule has 1 aliphatic rings. The molecular weight excluding hydrogens is 398 g/mol. The van der Waals surface area contributed by atoms with Gasteiger partial charge in [-0.3, -0.25) is 14.6 Å². The fourth-order valence-electron chi connectivity index (χ4n) is 3.70. The Hall–Kier alpha value is -3.21. The fourth-order valence-corrected chi connectivity index (χ4v) is 3.70. The van der Waals surface area contributed by atoms with Crippen molar-refractivity contribution in [2.24, 2.45) is 4.99 Å². The van der Waals surface area contributed by atoms with E-state index in [1.807, 2.05) is 48.2 Å². The zero-order chi connectivity index (χ0) is 22.9. The maximum absolute atomic E-state index is 13.2. The van der Waals surface area contributed by atoms with E-state index in [4.69, 9.17) is 0 Å². The summed E-state index contributed by atoms with van der Waals surface area (Å²) in [5.41, 5.74) is 4.71. The van der Waals surface area contributed by atoms with Gasteiger partial charge in [0.25, 0.3) is 5.91 Å². The van der Waals surface area contributed by atoms with Crippen molar-refractivity contribution >= 4 is 35.5 Å². The van der Waals surface area contributed by atoms with Crippen LogP contribution in [0.4, 0.5) is 11.4 Å². The van der Waals surface area contributed by atoms with Crippen LogP contribution in [-0.4, -0.2) is 36.0 Å². The molecule has 5 heteroatoms. The van der Waals surface area contributed by atoms with E-state index in [9.17, 15) is 9.59 Å². The van der Waals surface area contributed by atoms with Crippen molar-refractivity contribution in [3.8, 4) is 0 Å². The summed E-state index contributed by atoms with van der Waals surface area (Å²) in [5, 5.41) is 2.94. The minimum Gasteiger partial charge on any atom is -0.339 e. The number of aryl methyl sites for hydroxylation is 1. The number of carbonyl (C=O) groups excluding carboxylic acids is 2. The Balaban J connectivity index is 1.79. The van der Waals surface area contributed by atoms with Gasteiger partial charge in [0.15, 0.2) is 0 Å². The lowest BCUT2D eigenvalue weighted by Crippen LogP contribution is -2.34. The molecule has 0 aromatic heterocycles. The number of benzene rings is 2. The summed E-state index contributed by atoms with van der Waals surface area (Å²) in [7, 11) is 0. The highest BCUT2D eigenvalue weighted by atomic mass is 16.2. The second-order valence-electron chi connectivity index (χ2n) is 8.28. The summed E-state index contributed by atoms with van der Waals surface area (Å²) in [6.45, 7) is 7.85. The number of amides is 2. The molecule has 0 saturated heterocycles. The first kappa shape index (κ1) is 23.5. The van der Waals surface area contributed by atoms with Crippen molar-refractivity contribution < 1.29 is 9.59 Å². The molecule has 2 aromatic rings. The number of nitrogens with zero attached hydrogens (tertiary/aromatic N) is 2. The van der Waals surface area contributed by atoms with Crippen molar-refractivity contribution in [1.29, 1.82) is 0 Å². The van der Waals surface area contributed by atoms with Gasteiger partial charge < -0.3 is 10.2 Å². The van der Waals surface area contributed by atoms with Crippen molar-refractivity contribution in [3.05, 3.63) is 64.7 Å². The third-order valence-corrected chi connectivity index (χ3v) is 5.56. The van der Waals surface area contributed by atoms with Crippen LogP contribution in [-0.2, 0) is 4.79 Å². The molecule has 0 fully saturated rings. The third kappa shape index (κ3) is 6.16. The first-order chi connectivity index (χ1) is 15.5. The van der Waals surface area contributed by atoms with Gasteiger partial charge in [-0.1, -0.05) is 44.9 Å². The van der Waals surface area contributed by atoms with Crippen LogP contribution in [0.1, 0.15) is 67.4 Å². The molecule has 5 nitrogen and oxygen atoms in total. The topological polar surface area (TPSA) is 61.8 Å². The summed E-state index contributed by atoms with van der Waals surface area (Å²) in [4.78, 5) is 32.4. The van der Waals surface area contributed by atoms with Crippen molar-refractivity contribution in [1.82, 2.24) is 4.90 Å². The first-order valence-electron chi connectivity index (χ1n) is 11.6. The lowest BCUT2D eigenvalue weighted by atomic mass is 10.0. The SMILES string of the molecule is CCCCN(CCCC)C(=O)C1=Cc2ccc(C(=O)Nc3cccc(C)c3)cc2N=CC1. The smallest absolute Gasteiger partial charge is 0.255 e.